The van der Waals surface area contributed by atoms with E-state index in [0.717, 1.165) is 0 Å². The highest BCUT2D eigenvalue weighted by Crippen LogP contribution is 2.32. The Balaban J connectivity index is 2.75. The summed E-state index contributed by atoms with van der Waals surface area (Å²) in [5.41, 5.74) is 0.150. The highest BCUT2D eigenvalue weighted by molar-refractivity contribution is 7.99. The Morgan fingerprint density at radius 2 is 1.95 bits per heavy atom. The summed E-state index contributed by atoms with van der Waals surface area (Å²) >= 11 is 0.294. The smallest absolute Gasteiger partial charge is 0.288 e. The molecule has 0 aliphatic heterocycles. The molecule has 0 spiro atoms. The van der Waals surface area contributed by atoms with E-state index >= 15 is 0 Å². The largest absolute Gasteiger partial charge is 0.396 e. The van der Waals surface area contributed by atoms with E-state index in [1.807, 2.05) is 0 Å². The monoisotopic (exact) mass is 311 g/mol. The number of hydrogen-bond donors (Lipinski definition) is 2. The van der Waals surface area contributed by atoms with Crippen molar-refractivity contribution in [2.75, 3.05) is 17.1 Å². The molecule has 0 aliphatic carbocycles. The normalized spacial score (nSPS) is 11.8. The molecule has 0 aliphatic rings. The van der Waals surface area contributed by atoms with E-state index in [9.17, 15) is 17.2 Å². The first kappa shape index (κ1) is 16.2. The van der Waals surface area contributed by atoms with Crippen molar-refractivity contribution in [2.45, 2.75) is 23.5 Å². The van der Waals surface area contributed by atoms with E-state index in [-0.39, 0.29) is 22.9 Å². The fraction of sp³-hybridized carbons (Fsp3) is 0.455. The van der Waals surface area contributed by atoms with Crippen molar-refractivity contribution in [1.29, 1.82) is 0 Å². The number of para-hydroxylation sites is 1. The van der Waals surface area contributed by atoms with Gasteiger partial charge in [-0.3, -0.25) is 4.72 Å². The number of sulfonamides is 1. The van der Waals surface area contributed by atoms with Crippen LogP contribution in [0.4, 0.5) is 14.5 Å². The van der Waals surface area contributed by atoms with Crippen molar-refractivity contribution < 1.29 is 22.3 Å². The number of alkyl halides is 2. The summed E-state index contributed by atoms with van der Waals surface area (Å²) in [6.45, 7) is -0.0761. The van der Waals surface area contributed by atoms with E-state index in [2.05, 4.69) is 4.72 Å². The molecule has 0 fully saturated rings. The second-order valence-corrected chi connectivity index (χ2v) is 6.60. The number of hydrogen-bond acceptors (Lipinski definition) is 4. The zero-order valence-electron chi connectivity index (χ0n) is 10.1. The van der Waals surface area contributed by atoms with Gasteiger partial charge in [-0.05, 0) is 25.0 Å². The molecule has 1 aromatic carbocycles. The van der Waals surface area contributed by atoms with Crippen molar-refractivity contribution in [3.8, 4) is 0 Å². The number of nitrogens with one attached hydrogen (secondary N) is 1. The molecule has 4 nitrogen and oxygen atoms in total. The molecule has 1 rings (SSSR count). The first-order valence-electron chi connectivity index (χ1n) is 5.60. The van der Waals surface area contributed by atoms with Gasteiger partial charge in [0.25, 0.3) is 5.76 Å². The maximum Gasteiger partial charge on any atom is 0.288 e. The second-order valence-electron chi connectivity index (χ2n) is 3.73. The summed E-state index contributed by atoms with van der Waals surface area (Å²) in [6.07, 6.45) is 0.699. The van der Waals surface area contributed by atoms with Crippen molar-refractivity contribution in [1.82, 2.24) is 0 Å². The molecule has 1 aromatic rings. The standard InChI is InChI=1S/C11H15F2NO3S2/c12-11(13)18-10-6-2-1-5-9(10)14-19(16,17)8-4-3-7-15/h1-2,5-6,11,14-15H,3-4,7-8H2. The van der Waals surface area contributed by atoms with Crippen LogP contribution in [0.5, 0.6) is 0 Å². The van der Waals surface area contributed by atoms with Gasteiger partial charge in [-0.1, -0.05) is 23.9 Å². The SMILES string of the molecule is O=S(=O)(CCCCO)Nc1ccccc1SC(F)F. The van der Waals surface area contributed by atoms with Crippen LogP contribution >= 0.6 is 11.8 Å². The van der Waals surface area contributed by atoms with Gasteiger partial charge in [0.05, 0.1) is 11.4 Å². The lowest BCUT2D eigenvalue weighted by Crippen LogP contribution is -2.17. The quantitative estimate of drug-likeness (QED) is 0.572. The van der Waals surface area contributed by atoms with E-state index in [1.165, 1.54) is 12.1 Å². The Morgan fingerprint density at radius 1 is 1.26 bits per heavy atom. The maximum atomic E-state index is 12.3. The minimum atomic E-state index is -3.58. The number of aliphatic hydroxyl groups is 1. The number of aliphatic hydroxyl groups excluding tert-OH is 1. The molecule has 0 aromatic heterocycles. The van der Waals surface area contributed by atoms with Gasteiger partial charge < -0.3 is 5.11 Å². The summed E-state index contributed by atoms with van der Waals surface area (Å²) in [5, 5.41) is 8.59. The molecule has 0 atom stereocenters. The Bertz CT molecular complexity index is 494. The van der Waals surface area contributed by atoms with Crippen LogP contribution in [0.15, 0.2) is 29.2 Å². The zero-order valence-corrected chi connectivity index (χ0v) is 11.7. The number of halogens is 2. The van der Waals surface area contributed by atoms with Gasteiger partial charge in [0.2, 0.25) is 10.0 Å². The van der Waals surface area contributed by atoms with Crippen LogP contribution in [0, 0.1) is 0 Å². The second kappa shape index (κ2) is 7.66. The Labute approximate surface area is 115 Å². The first-order chi connectivity index (χ1) is 8.94. The van der Waals surface area contributed by atoms with Gasteiger partial charge in [0.15, 0.2) is 0 Å². The van der Waals surface area contributed by atoms with Gasteiger partial charge in [0, 0.05) is 11.5 Å². The molecule has 0 saturated carbocycles. The van der Waals surface area contributed by atoms with E-state index in [4.69, 9.17) is 5.11 Å². The number of thioether (sulfide) groups is 1. The van der Waals surface area contributed by atoms with Gasteiger partial charge >= 0.3 is 0 Å². The average Bonchev–Trinajstić information content (AvgIpc) is 2.31. The average molecular weight is 311 g/mol. The fourth-order valence-corrected chi connectivity index (χ4v) is 3.23. The minimum Gasteiger partial charge on any atom is -0.396 e. The maximum absolute atomic E-state index is 12.3. The lowest BCUT2D eigenvalue weighted by atomic mass is 10.3. The van der Waals surface area contributed by atoms with Crippen LogP contribution in [-0.4, -0.2) is 31.6 Å². The van der Waals surface area contributed by atoms with E-state index in [0.29, 0.717) is 24.6 Å². The molecule has 0 unspecified atom stereocenters. The molecule has 0 radical (unpaired) electrons. The Hall–Kier alpha value is -0.860. The topological polar surface area (TPSA) is 66.4 Å². The van der Waals surface area contributed by atoms with Crippen LogP contribution in [0.2, 0.25) is 0 Å². The lowest BCUT2D eigenvalue weighted by molar-refractivity contribution is 0.252. The van der Waals surface area contributed by atoms with Crippen molar-refractivity contribution in [2.24, 2.45) is 0 Å². The molecule has 0 heterocycles. The van der Waals surface area contributed by atoms with Gasteiger partial charge in [0.1, 0.15) is 0 Å². The first-order valence-corrected chi connectivity index (χ1v) is 8.13. The van der Waals surface area contributed by atoms with Crippen LogP contribution in [-0.2, 0) is 10.0 Å². The number of benzene rings is 1. The third-order valence-corrected chi connectivity index (χ3v) is 4.33. The summed E-state index contributed by atoms with van der Waals surface area (Å²) < 4.78 is 50.4. The summed E-state index contributed by atoms with van der Waals surface area (Å²) in [7, 11) is -3.58. The molecular weight excluding hydrogens is 296 g/mol. The molecule has 2 N–H and O–H groups in total. The third kappa shape index (κ3) is 6.22. The van der Waals surface area contributed by atoms with Gasteiger partial charge in [-0.2, -0.15) is 8.78 Å². The number of rotatable bonds is 8. The van der Waals surface area contributed by atoms with Gasteiger partial charge in [-0.25, -0.2) is 8.42 Å². The molecule has 0 bridgehead atoms. The Kier molecular flexibility index (Phi) is 6.53. The zero-order chi connectivity index (χ0) is 14.3. The van der Waals surface area contributed by atoms with Crippen LogP contribution in [0.3, 0.4) is 0 Å². The number of anilines is 1. The molecule has 0 amide bonds. The highest BCUT2D eigenvalue weighted by Gasteiger charge is 2.15. The number of unbranched alkanes of at least 4 members (excludes halogenated alkanes) is 1. The highest BCUT2D eigenvalue weighted by atomic mass is 32.2. The van der Waals surface area contributed by atoms with E-state index < -0.39 is 15.8 Å². The predicted octanol–water partition coefficient (Wildman–Crippen LogP) is 2.52. The molecular formula is C11H15F2NO3S2. The van der Waals surface area contributed by atoms with Crippen LogP contribution < -0.4 is 4.72 Å². The minimum absolute atomic E-state index is 0.0761. The van der Waals surface area contributed by atoms with Crippen LogP contribution in [0.1, 0.15) is 12.8 Å². The summed E-state index contributed by atoms with van der Waals surface area (Å²) in [4.78, 5) is 0.184. The van der Waals surface area contributed by atoms with Crippen molar-refractivity contribution >= 4 is 27.5 Å². The van der Waals surface area contributed by atoms with Crippen molar-refractivity contribution in [3.05, 3.63) is 24.3 Å². The Morgan fingerprint density at radius 3 is 2.58 bits per heavy atom. The predicted molar refractivity (Wildman–Crippen MR) is 72.0 cm³/mol. The van der Waals surface area contributed by atoms with E-state index in [1.54, 1.807) is 12.1 Å². The summed E-state index contributed by atoms with van der Waals surface area (Å²) in [5.74, 6) is -2.76. The third-order valence-electron chi connectivity index (χ3n) is 2.19. The van der Waals surface area contributed by atoms with Crippen LogP contribution in [0.25, 0.3) is 0 Å². The molecule has 108 valence electrons. The van der Waals surface area contributed by atoms with Gasteiger partial charge in [-0.15, -0.1) is 0 Å². The molecule has 0 saturated heterocycles. The summed E-state index contributed by atoms with van der Waals surface area (Å²) in [6, 6.07) is 6.01. The molecule has 8 heteroatoms. The molecule has 19 heavy (non-hydrogen) atoms. The fourth-order valence-electron chi connectivity index (χ4n) is 1.37. The lowest BCUT2D eigenvalue weighted by Gasteiger charge is -2.11. The van der Waals surface area contributed by atoms with Crippen molar-refractivity contribution in [3.63, 3.8) is 0 Å².